The number of nitrogens with one attached hydrogen (secondary N) is 1. The summed E-state index contributed by atoms with van der Waals surface area (Å²) >= 11 is 0. The molecule has 0 saturated heterocycles. The third-order valence-electron chi connectivity index (χ3n) is 2.04. The van der Waals surface area contributed by atoms with Crippen molar-refractivity contribution >= 4 is 12.2 Å². The zero-order valence-corrected chi connectivity index (χ0v) is 8.57. The van der Waals surface area contributed by atoms with Crippen LogP contribution in [0.5, 0.6) is 0 Å². The van der Waals surface area contributed by atoms with E-state index in [2.05, 4.69) is 11.9 Å². The Bertz CT molecular complexity index is 385. The van der Waals surface area contributed by atoms with Gasteiger partial charge >= 0.3 is 0 Å². The summed E-state index contributed by atoms with van der Waals surface area (Å²) in [5.74, 6) is -0.259. The topological polar surface area (TPSA) is 46.2 Å². The molecule has 0 aliphatic rings. The molecule has 1 rings (SSSR count). The van der Waals surface area contributed by atoms with Crippen LogP contribution < -0.4 is 5.32 Å². The van der Waals surface area contributed by atoms with E-state index in [0.717, 1.165) is 0 Å². The van der Waals surface area contributed by atoms with Crippen LogP contribution in [0.15, 0.2) is 36.9 Å². The Hall–Kier alpha value is -1.90. The highest BCUT2D eigenvalue weighted by Crippen LogP contribution is 2.06. The lowest BCUT2D eigenvalue weighted by Gasteiger charge is -2.10. The Morgan fingerprint density at radius 1 is 1.47 bits per heavy atom. The van der Waals surface area contributed by atoms with Crippen LogP contribution >= 0.6 is 0 Å². The van der Waals surface area contributed by atoms with Crippen molar-refractivity contribution in [1.82, 2.24) is 5.32 Å². The van der Waals surface area contributed by atoms with Gasteiger partial charge in [0.2, 0.25) is 0 Å². The summed E-state index contributed by atoms with van der Waals surface area (Å²) in [7, 11) is 0. The van der Waals surface area contributed by atoms with Crippen molar-refractivity contribution in [1.29, 1.82) is 0 Å². The summed E-state index contributed by atoms with van der Waals surface area (Å²) in [6.07, 6.45) is 2.30. The highest BCUT2D eigenvalue weighted by molar-refractivity contribution is 6.01. The molecule has 3 heteroatoms. The molecule has 0 saturated carbocycles. The van der Waals surface area contributed by atoms with Crippen LogP contribution in [0.1, 0.15) is 27.6 Å². The molecule has 0 fully saturated rings. The van der Waals surface area contributed by atoms with Crippen molar-refractivity contribution in [2.75, 3.05) is 0 Å². The van der Waals surface area contributed by atoms with E-state index in [4.69, 9.17) is 0 Å². The Morgan fingerprint density at radius 2 is 2.13 bits per heavy atom. The summed E-state index contributed by atoms with van der Waals surface area (Å²) in [5, 5.41) is 2.70. The maximum Gasteiger partial charge on any atom is 0.252 e. The van der Waals surface area contributed by atoms with E-state index in [1.807, 2.05) is 6.92 Å². The van der Waals surface area contributed by atoms with Gasteiger partial charge in [-0.15, -0.1) is 6.58 Å². The molecule has 15 heavy (non-hydrogen) atoms. The van der Waals surface area contributed by atoms with E-state index >= 15 is 0 Å². The normalized spacial score (nSPS) is 11.5. The van der Waals surface area contributed by atoms with Crippen molar-refractivity contribution in [2.24, 2.45) is 0 Å². The first-order valence-electron chi connectivity index (χ1n) is 4.66. The fourth-order valence-electron chi connectivity index (χ4n) is 1.15. The Kier molecular flexibility index (Phi) is 3.80. The lowest BCUT2D eigenvalue weighted by Crippen LogP contribution is -2.31. The summed E-state index contributed by atoms with van der Waals surface area (Å²) < 4.78 is 0. The lowest BCUT2D eigenvalue weighted by atomic mass is 10.1. The number of hydrogen-bond donors (Lipinski definition) is 1. The van der Waals surface area contributed by atoms with Crippen molar-refractivity contribution in [2.45, 2.75) is 13.0 Å². The molecule has 1 N–H and O–H groups in total. The predicted octanol–water partition coefficient (Wildman–Crippen LogP) is 1.80. The minimum atomic E-state index is -0.259. The summed E-state index contributed by atoms with van der Waals surface area (Å²) in [5.41, 5.74) is 0.785. The summed E-state index contributed by atoms with van der Waals surface area (Å²) in [6.45, 7) is 5.38. The molecule has 1 amide bonds. The number of aldehydes is 1. The number of amides is 1. The van der Waals surface area contributed by atoms with Gasteiger partial charge in [-0.2, -0.15) is 0 Å². The second-order valence-electron chi connectivity index (χ2n) is 3.20. The maximum atomic E-state index is 11.7. The van der Waals surface area contributed by atoms with Crippen molar-refractivity contribution in [3.63, 3.8) is 0 Å². The number of rotatable bonds is 4. The molecule has 1 unspecified atom stereocenters. The first-order valence-corrected chi connectivity index (χ1v) is 4.66. The van der Waals surface area contributed by atoms with Crippen molar-refractivity contribution < 1.29 is 9.59 Å². The van der Waals surface area contributed by atoms with Crippen LogP contribution in [0, 0.1) is 0 Å². The van der Waals surface area contributed by atoms with Gasteiger partial charge in [0.25, 0.3) is 5.91 Å². The van der Waals surface area contributed by atoms with E-state index in [0.29, 0.717) is 17.4 Å². The van der Waals surface area contributed by atoms with Gasteiger partial charge in [0.15, 0.2) is 6.29 Å². The molecule has 0 aliphatic carbocycles. The van der Waals surface area contributed by atoms with E-state index < -0.39 is 0 Å². The second-order valence-corrected chi connectivity index (χ2v) is 3.20. The van der Waals surface area contributed by atoms with Gasteiger partial charge in [-0.25, -0.2) is 0 Å². The van der Waals surface area contributed by atoms with Crippen LogP contribution in [-0.2, 0) is 0 Å². The molecule has 1 aromatic rings. The van der Waals surface area contributed by atoms with Gasteiger partial charge in [-0.1, -0.05) is 24.3 Å². The van der Waals surface area contributed by atoms with Gasteiger partial charge in [0, 0.05) is 17.2 Å². The van der Waals surface area contributed by atoms with Crippen LogP contribution in [0.25, 0.3) is 0 Å². The highest BCUT2D eigenvalue weighted by Gasteiger charge is 2.10. The number of carbonyl (C=O) groups is 2. The zero-order chi connectivity index (χ0) is 11.3. The van der Waals surface area contributed by atoms with E-state index in [1.165, 1.54) is 0 Å². The summed E-state index contributed by atoms with van der Waals surface area (Å²) in [4.78, 5) is 22.4. The van der Waals surface area contributed by atoms with Crippen LogP contribution in [0.4, 0.5) is 0 Å². The van der Waals surface area contributed by atoms with Crippen LogP contribution in [0.3, 0.4) is 0 Å². The lowest BCUT2D eigenvalue weighted by molar-refractivity contribution is 0.0941. The molecular weight excluding hydrogens is 190 g/mol. The van der Waals surface area contributed by atoms with Gasteiger partial charge in [-0.3, -0.25) is 9.59 Å². The molecule has 0 bridgehead atoms. The molecule has 0 heterocycles. The highest BCUT2D eigenvalue weighted by atomic mass is 16.1. The third-order valence-corrected chi connectivity index (χ3v) is 2.04. The van der Waals surface area contributed by atoms with E-state index in [-0.39, 0.29) is 11.9 Å². The van der Waals surface area contributed by atoms with E-state index in [1.54, 1.807) is 30.3 Å². The van der Waals surface area contributed by atoms with Crippen molar-refractivity contribution in [3.8, 4) is 0 Å². The van der Waals surface area contributed by atoms with Crippen LogP contribution in [0.2, 0.25) is 0 Å². The molecule has 1 aromatic carbocycles. The SMILES string of the molecule is C=CC(C)NC(=O)c1ccccc1C=O. The molecule has 0 spiro atoms. The average Bonchev–Trinajstić information content (AvgIpc) is 2.28. The monoisotopic (exact) mass is 203 g/mol. The fraction of sp³-hybridized carbons (Fsp3) is 0.167. The van der Waals surface area contributed by atoms with Gasteiger partial charge in [0.05, 0.1) is 0 Å². The largest absolute Gasteiger partial charge is 0.346 e. The Morgan fingerprint density at radius 3 is 2.73 bits per heavy atom. The smallest absolute Gasteiger partial charge is 0.252 e. The molecule has 78 valence electrons. The quantitative estimate of drug-likeness (QED) is 0.599. The Labute approximate surface area is 88.8 Å². The standard InChI is InChI=1S/C12H13NO2/c1-3-9(2)13-12(15)11-7-5-4-6-10(11)8-14/h3-9H,1H2,2H3,(H,13,15). The van der Waals surface area contributed by atoms with Crippen molar-refractivity contribution in [3.05, 3.63) is 48.0 Å². The van der Waals surface area contributed by atoms with Gasteiger partial charge in [0.1, 0.15) is 0 Å². The Balaban J connectivity index is 2.90. The number of benzene rings is 1. The molecule has 0 aliphatic heterocycles. The molecule has 1 atom stereocenters. The number of carbonyl (C=O) groups excluding carboxylic acids is 2. The first-order chi connectivity index (χ1) is 7.19. The molecule has 0 aromatic heterocycles. The number of hydrogen-bond acceptors (Lipinski definition) is 2. The summed E-state index contributed by atoms with van der Waals surface area (Å²) in [6, 6.07) is 6.56. The third kappa shape index (κ3) is 2.77. The second kappa shape index (κ2) is 5.10. The van der Waals surface area contributed by atoms with Crippen LogP contribution in [-0.4, -0.2) is 18.2 Å². The molecule has 0 radical (unpaired) electrons. The van der Waals surface area contributed by atoms with Gasteiger partial charge < -0.3 is 5.32 Å². The maximum absolute atomic E-state index is 11.7. The zero-order valence-electron chi connectivity index (χ0n) is 8.57. The average molecular weight is 203 g/mol. The minimum absolute atomic E-state index is 0.114. The first kappa shape index (κ1) is 11.2. The molecule has 3 nitrogen and oxygen atoms in total. The molecular formula is C12H13NO2. The minimum Gasteiger partial charge on any atom is -0.346 e. The van der Waals surface area contributed by atoms with Gasteiger partial charge in [-0.05, 0) is 13.0 Å². The predicted molar refractivity (Wildman–Crippen MR) is 59.0 cm³/mol. The van der Waals surface area contributed by atoms with E-state index in [9.17, 15) is 9.59 Å². The fourth-order valence-corrected chi connectivity index (χ4v) is 1.15.